The Morgan fingerprint density at radius 1 is 1.25 bits per heavy atom. The van der Waals surface area contributed by atoms with E-state index < -0.39 is 13.7 Å². The minimum atomic E-state index is -1.82. The Morgan fingerprint density at radius 2 is 1.75 bits per heavy atom. The largest absolute Gasteiger partial charge is 0.251 e. The van der Waals surface area contributed by atoms with Crippen LogP contribution in [0.5, 0.6) is 0 Å². The molecule has 0 spiro atoms. The third kappa shape index (κ3) is 2.43. The molecular weight excluding hydrogens is 216 g/mol. The SMILES string of the molecule is C=C(C(C)(C)OO)[Si](C)(C)c1ccccc1. The molecule has 0 aliphatic heterocycles. The number of benzene rings is 1. The minimum Gasteiger partial charge on any atom is -0.251 e. The molecule has 0 aliphatic carbocycles. The highest BCUT2D eigenvalue weighted by atomic mass is 28.3. The summed E-state index contributed by atoms with van der Waals surface area (Å²) in [5.41, 5.74) is -0.689. The molecule has 0 saturated carbocycles. The van der Waals surface area contributed by atoms with Gasteiger partial charge in [-0.15, -0.1) is 6.58 Å². The van der Waals surface area contributed by atoms with Crippen molar-refractivity contribution >= 4 is 13.3 Å². The van der Waals surface area contributed by atoms with Crippen LogP contribution in [-0.2, 0) is 4.89 Å². The zero-order valence-corrected chi connectivity index (χ0v) is 11.4. The molecule has 0 heterocycles. The van der Waals surface area contributed by atoms with Crippen LogP contribution in [0, 0.1) is 0 Å². The van der Waals surface area contributed by atoms with E-state index in [1.54, 1.807) is 0 Å². The summed E-state index contributed by atoms with van der Waals surface area (Å²) in [6.07, 6.45) is 0. The van der Waals surface area contributed by atoms with Gasteiger partial charge in [0, 0.05) is 0 Å². The molecule has 0 amide bonds. The molecule has 2 nitrogen and oxygen atoms in total. The summed E-state index contributed by atoms with van der Waals surface area (Å²) in [5.74, 6) is 0. The highest BCUT2D eigenvalue weighted by Gasteiger charge is 2.37. The monoisotopic (exact) mass is 236 g/mol. The van der Waals surface area contributed by atoms with Crippen molar-refractivity contribution in [3.8, 4) is 0 Å². The molecule has 1 aromatic rings. The molecule has 0 atom stereocenters. The molecule has 0 bridgehead atoms. The maximum atomic E-state index is 8.94. The molecule has 0 aromatic heterocycles. The molecule has 88 valence electrons. The molecule has 0 radical (unpaired) electrons. The maximum Gasteiger partial charge on any atom is 0.115 e. The van der Waals surface area contributed by atoms with Crippen LogP contribution in [0.25, 0.3) is 0 Å². The maximum absolute atomic E-state index is 8.94. The van der Waals surface area contributed by atoms with Crippen LogP contribution in [0.1, 0.15) is 13.8 Å². The molecule has 1 aromatic carbocycles. The van der Waals surface area contributed by atoms with Crippen LogP contribution in [0.2, 0.25) is 13.1 Å². The third-order valence-electron chi connectivity index (χ3n) is 3.20. The fraction of sp³-hybridized carbons (Fsp3) is 0.385. The lowest BCUT2D eigenvalue weighted by Crippen LogP contribution is -2.50. The zero-order valence-electron chi connectivity index (χ0n) is 10.4. The number of rotatable bonds is 4. The summed E-state index contributed by atoms with van der Waals surface area (Å²) < 4.78 is 0. The summed E-state index contributed by atoms with van der Waals surface area (Å²) in [6, 6.07) is 10.3. The lowest BCUT2D eigenvalue weighted by molar-refractivity contribution is -0.298. The Labute approximate surface area is 98.5 Å². The van der Waals surface area contributed by atoms with E-state index in [-0.39, 0.29) is 0 Å². The van der Waals surface area contributed by atoms with Crippen LogP contribution in [-0.4, -0.2) is 18.9 Å². The highest BCUT2D eigenvalue weighted by molar-refractivity contribution is 6.95. The Kier molecular flexibility index (Phi) is 3.73. The van der Waals surface area contributed by atoms with Gasteiger partial charge in [0.15, 0.2) is 0 Å². The molecule has 1 rings (SSSR count). The zero-order chi connectivity index (χ0) is 12.4. The molecule has 3 heteroatoms. The van der Waals surface area contributed by atoms with Gasteiger partial charge < -0.3 is 0 Å². The summed E-state index contributed by atoms with van der Waals surface area (Å²) in [6.45, 7) is 12.2. The first kappa shape index (κ1) is 13.2. The number of hydrogen-bond donors (Lipinski definition) is 1. The van der Waals surface area contributed by atoms with Crippen molar-refractivity contribution in [2.45, 2.75) is 32.5 Å². The fourth-order valence-corrected chi connectivity index (χ4v) is 4.76. The van der Waals surface area contributed by atoms with E-state index >= 15 is 0 Å². The molecule has 0 fully saturated rings. The van der Waals surface area contributed by atoms with Gasteiger partial charge in [-0.1, -0.05) is 48.6 Å². The number of hydrogen-bond acceptors (Lipinski definition) is 2. The first-order valence-corrected chi connectivity index (χ1v) is 8.40. The van der Waals surface area contributed by atoms with Crippen molar-refractivity contribution in [1.82, 2.24) is 0 Å². The molecule has 0 unspecified atom stereocenters. The van der Waals surface area contributed by atoms with Crippen LogP contribution < -0.4 is 5.19 Å². The van der Waals surface area contributed by atoms with Gasteiger partial charge in [-0.2, -0.15) is 0 Å². The van der Waals surface area contributed by atoms with Crippen LogP contribution in [0.15, 0.2) is 42.1 Å². The molecular formula is C13H20O2Si. The topological polar surface area (TPSA) is 29.5 Å². The minimum absolute atomic E-state index is 0.689. The van der Waals surface area contributed by atoms with E-state index in [1.807, 2.05) is 32.0 Å². The Morgan fingerprint density at radius 3 is 2.19 bits per heavy atom. The lowest BCUT2D eigenvalue weighted by Gasteiger charge is -2.34. The van der Waals surface area contributed by atoms with Gasteiger partial charge in [-0.25, -0.2) is 4.89 Å². The first-order chi connectivity index (χ1) is 7.32. The van der Waals surface area contributed by atoms with Crippen molar-refractivity contribution in [2.75, 3.05) is 0 Å². The predicted molar refractivity (Wildman–Crippen MR) is 70.5 cm³/mol. The lowest BCUT2D eigenvalue weighted by atomic mass is 10.1. The average Bonchev–Trinajstić information content (AvgIpc) is 2.29. The van der Waals surface area contributed by atoms with Gasteiger partial charge >= 0.3 is 0 Å². The third-order valence-corrected chi connectivity index (χ3v) is 7.09. The van der Waals surface area contributed by atoms with E-state index in [4.69, 9.17) is 5.26 Å². The summed E-state index contributed by atoms with van der Waals surface area (Å²) in [5, 5.41) is 11.2. The van der Waals surface area contributed by atoms with Gasteiger partial charge in [0.2, 0.25) is 0 Å². The Bertz CT molecular complexity index is 369. The summed E-state index contributed by atoms with van der Waals surface area (Å²) >= 11 is 0. The van der Waals surface area contributed by atoms with Crippen LogP contribution in [0.3, 0.4) is 0 Å². The highest BCUT2D eigenvalue weighted by Crippen LogP contribution is 2.27. The molecule has 0 aliphatic rings. The van der Waals surface area contributed by atoms with E-state index in [2.05, 4.69) is 36.7 Å². The van der Waals surface area contributed by atoms with Crippen molar-refractivity contribution in [3.05, 3.63) is 42.1 Å². The van der Waals surface area contributed by atoms with E-state index in [0.717, 1.165) is 5.20 Å². The van der Waals surface area contributed by atoms with Gasteiger partial charge in [0.25, 0.3) is 0 Å². The van der Waals surface area contributed by atoms with Gasteiger partial charge in [-0.05, 0) is 19.0 Å². The Hall–Kier alpha value is -0.903. The van der Waals surface area contributed by atoms with E-state index in [0.29, 0.717) is 0 Å². The van der Waals surface area contributed by atoms with Gasteiger partial charge in [-0.3, -0.25) is 5.26 Å². The predicted octanol–water partition coefficient (Wildman–Crippen LogP) is 2.97. The second kappa shape index (κ2) is 4.53. The Balaban J connectivity index is 3.08. The van der Waals surface area contributed by atoms with Gasteiger partial charge in [0.05, 0.1) is 0 Å². The van der Waals surface area contributed by atoms with E-state index in [9.17, 15) is 0 Å². The summed E-state index contributed by atoms with van der Waals surface area (Å²) in [7, 11) is -1.82. The molecule has 16 heavy (non-hydrogen) atoms. The van der Waals surface area contributed by atoms with Crippen molar-refractivity contribution in [1.29, 1.82) is 0 Å². The normalized spacial score (nSPS) is 12.6. The molecule has 0 saturated heterocycles. The van der Waals surface area contributed by atoms with Gasteiger partial charge in [0.1, 0.15) is 13.7 Å². The van der Waals surface area contributed by atoms with E-state index in [1.165, 1.54) is 5.19 Å². The van der Waals surface area contributed by atoms with Crippen molar-refractivity contribution in [2.24, 2.45) is 0 Å². The second-order valence-electron chi connectivity index (χ2n) is 5.07. The smallest absolute Gasteiger partial charge is 0.115 e. The molecule has 1 N–H and O–H groups in total. The van der Waals surface area contributed by atoms with Crippen molar-refractivity contribution < 1.29 is 10.1 Å². The fourth-order valence-electron chi connectivity index (χ4n) is 1.84. The second-order valence-corrected chi connectivity index (χ2v) is 9.50. The standard InChI is InChI=1S/C13H20O2Si/c1-11(13(2,3)15-14)16(4,5)12-9-7-6-8-10-12/h6-10,14H,1H2,2-5H3. The van der Waals surface area contributed by atoms with Crippen molar-refractivity contribution in [3.63, 3.8) is 0 Å². The first-order valence-electron chi connectivity index (χ1n) is 5.40. The quantitative estimate of drug-likeness (QED) is 0.495. The van der Waals surface area contributed by atoms with Crippen LogP contribution >= 0.6 is 0 Å². The summed E-state index contributed by atoms with van der Waals surface area (Å²) in [4.78, 5) is 4.54. The van der Waals surface area contributed by atoms with Crippen LogP contribution in [0.4, 0.5) is 0 Å². The average molecular weight is 236 g/mol.